The Balaban J connectivity index is 2.25. The molecule has 0 saturated heterocycles. The molecular weight excluding hydrogens is 328 g/mol. The Morgan fingerprint density at radius 2 is 2.23 bits per heavy atom. The maximum absolute atomic E-state index is 12.4. The van der Waals surface area contributed by atoms with Crippen LogP contribution >= 0.6 is 0 Å². The lowest BCUT2D eigenvalue weighted by atomic mass is 9.77. The van der Waals surface area contributed by atoms with Gasteiger partial charge in [0.05, 0.1) is 42.5 Å². The first kappa shape index (κ1) is 18.5. The second kappa shape index (κ2) is 7.13. The molecule has 138 valence electrons. The number of aryl methyl sites for hydroxylation is 1. The standard InChI is InChI=1S/C21H26N2O3/c1-5-14(4)21(11-17(24)25-6-2)20-16(9-10-26-21)18-15(12-22)8-7-13(3)19(18)23-20/h7-8,14,23H,5-6,9-11H2,1-4H3/t14?,21-/m1/s1. The Hall–Kier alpha value is -2.32. The summed E-state index contributed by atoms with van der Waals surface area (Å²) in [6.07, 6.45) is 1.78. The fourth-order valence-corrected chi connectivity index (χ4v) is 4.08. The molecule has 1 aliphatic rings. The van der Waals surface area contributed by atoms with Gasteiger partial charge in [-0.05, 0) is 43.4 Å². The first-order chi connectivity index (χ1) is 12.5. The average Bonchev–Trinajstić information content (AvgIpc) is 3.03. The number of aromatic nitrogens is 1. The lowest BCUT2D eigenvalue weighted by molar-refractivity contribution is -0.160. The van der Waals surface area contributed by atoms with Crippen LogP contribution in [0, 0.1) is 24.2 Å². The molecule has 0 aliphatic carbocycles. The number of nitriles is 1. The zero-order valence-electron chi connectivity index (χ0n) is 15.9. The van der Waals surface area contributed by atoms with Gasteiger partial charge in [-0.15, -0.1) is 0 Å². The average molecular weight is 354 g/mol. The molecule has 2 heterocycles. The highest BCUT2D eigenvalue weighted by molar-refractivity contribution is 5.93. The van der Waals surface area contributed by atoms with E-state index in [1.807, 2.05) is 26.0 Å². The van der Waals surface area contributed by atoms with Crippen molar-refractivity contribution >= 4 is 16.9 Å². The molecule has 0 amide bonds. The van der Waals surface area contributed by atoms with E-state index in [1.54, 1.807) is 0 Å². The van der Waals surface area contributed by atoms with Crippen LogP contribution < -0.4 is 0 Å². The van der Waals surface area contributed by atoms with Crippen LogP contribution in [0.2, 0.25) is 0 Å². The molecule has 1 N–H and O–H groups in total. The summed E-state index contributed by atoms with van der Waals surface area (Å²) in [5.74, 6) is -0.124. The number of ether oxygens (including phenoxy) is 2. The van der Waals surface area contributed by atoms with Crippen LogP contribution in [0.4, 0.5) is 0 Å². The minimum absolute atomic E-state index is 0.130. The van der Waals surface area contributed by atoms with Crippen molar-refractivity contribution in [1.29, 1.82) is 5.26 Å². The molecule has 1 aromatic carbocycles. The summed E-state index contributed by atoms with van der Waals surface area (Å²) in [6, 6.07) is 6.14. The molecule has 5 nitrogen and oxygen atoms in total. The second-order valence-corrected chi connectivity index (χ2v) is 7.05. The first-order valence-corrected chi connectivity index (χ1v) is 9.32. The SMILES string of the molecule is CCOC(=O)C[C@]1(C(C)CC)OCCc2c1[nH]c1c(C)ccc(C#N)c21. The summed E-state index contributed by atoms with van der Waals surface area (Å²) in [5, 5.41) is 10.6. The Labute approximate surface area is 154 Å². The molecule has 3 rings (SSSR count). The van der Waals surface area contributed by atoms with Crippen molar-refractivity contribution in [3.63, 3.8) is 0 Å². The first-order valence-electron chi connectivity index (χ1n) is 9.32. The van der Waals surface area contributed by atoms with Crippen LogP contribution in [0.1, 0.15) is 56.0 Å². The number of carbonyl (C=O) groups is 1. The predicted octanol–water partition coefficient (Wildman–Crippen LogP) is 4.12. The molecule has 0 fully saturated rings. The van der Waals surface area contributed by atoms with Gasteiger partial charge in [-0.2, -0.15) is 5.26 Å². The number of H-pyrrole nitrogens is 1. The number of nitrogens with one attached hydrogen (secondary N) is 1. The normalized spacial score (nSPS) is 20.4. The van der Waals surface area contributed by atoms with Crippen LogP contribution in [0.15, 0.2) is 12.1 Å². The van der Waals surface area contributed by atoms with E-state index >= 15 is 0 Å². The Bertz CT molecular complexity index is 877. The van der Waals surface area contributed by atoms with Crippen molar-refractivity contribution in [3.8, 4) is 6.07 Å². The molecule has 0 bridgehead atoms. The molecule has 1 unspecified atom stereocenters. The fourth-order valence-electron chi connectivity index (χ4n) is 4.08. The lowest BCUT2D eigenvalue weighted by Crippen LogP contribution is -2.43. The number of rotatable bonds is 5. The number of benzene rings is 1. The van der Waals surface area contributed by atoms with Gasteiger partial charge in [-0.25, -0.2) is 0 Å². The molecule has 0 radical (unpaired) electrons. The number of carbonyl (C=O) groups excluding carboxylic acids is 1. The largest absolute Gasteiger partial charge is 0.466 e. The molecular formula is C21H26N2O3. The summed E-state index contributed by atoms with van der Waals surface area (Å²) >= 11 is 0. The summed E-state index contributed by atoms with van der Waals surface area (Å²) < 4.78 is 11.5. The topological polar surface area (TPSA) is 75.1 Å². The highest BCUT2D eigenvalue weighted by Gasteiger charge is 2.46. The Morgan fingerprint density at radius 1 is 1.46 bits per heavy atom. The van der Waals surface area contributed by atoms with E-state index < -0.39 is 5.60 Å². The fraction of sp³-hybridized carbons (Fsp3) is 0.524. The Morgan fingerprint density at radius 3 is 2.88 bits per heavy atom. The van der Waals surface area contributed by atoms with Crippen LogP contribution in [-0.2, 0) is 26.3 Å². The molecule has 2 atom stereocenters. The molecule has 5 heteroatoms. The summed E-state index contributed by atoms with van der Waals surface area (Å²) in [5.41, 5.74) is 4.02. The molecule has 2 aromatic rings. The van der Waals surface area contributed by atoms with Gasteiger partial charge >= 0.3 is 5.97 Å². The minimum Gasteiger partial charge on any atom is -0.466 e. The Kier molecular flexibility index (Phi) is 5.06. The minimum atomic E-state index is -0.743. The van der Waals surface area contributed by atoms with Gasteiger partial charge in [0.25, 0.3) is 0 Å². The smallest absolute Gasteiger partial charge is 0.309 e. The predicted molar refractivity (Wildman–Crippen MR) is 99.8 cm³/mol. The van der Waals surface area contributed by atoms with E-state index in [0.717, 1.165) is 40.6 Å². The van der Waals surface area contributed by atoms with Crippen LogP contribution in [0.25, 0.3) is 10.9 Å². The van der Waals surface area contributed by atoms with E-state index in [4.69, 9.17) is 9.47 Å². The van der Waals surface area contributed by atoms with Crippen LogP contribution in [-0.4, -0.2) is 24.2 Å². The number of nitrogens with zero attached hydrogens (tertiary/aromatic N) is 1. The van der Waals surface area contributed by atoms with Gasteiger partial charge in [0.15, 0.2) is 0 Å². The second-order valence-electron chi connectivity index (χ2n) is 7.05. The highest BCUT2D eigenvalue weighted by Crippen LogP contribution is 2.46. The number of hydrogen-bond donors (Lipinski definition) is 1. The summed E-state index contributed by atoms with van der Waals surface area (Å²) in [6.45, 7) is 8.94. The van der Waals surface area contributed by atoms with Crippen molar-refractivity contribution in [3.05, 3.63) is 34.5 Å². The van der Waals surface area contributed by atoms with Crippen LogP contribution in [0.5, 0.6) is 0 Å². The summed E-state index contributed by atoms with van der Waals surface area (Å²) in [4.78, 5) is 15.9. The zero-order chi connectivity index (χ0) is 18.9. The lowest BCUT2D eigenvalue weighted by Gasteiger charge is -2.41. The van der Waals surface area contributed by atoms with Gasteiger partial charge < -0.3 is 14.5 Å². The highest BCUT2D eigenvalue weighted by atomic mass is 16.5. The third kappa shape index (κ3) is 2.79. The number of esters is 1. The van der Waals surface area contributed by atoms with Gasteiger partial charge in [0.2, 0.25) is 0 Å². The molecule has 0 saturated carbocycles. The third-order valence-corrected chi connectivity index (χ3v) is 5.64. The van der Waals surface area contributed by atoms with Crippen LogP contribution in [0.3, 0.4) is 0 Å². The van der Waals surface area contributed by atoms with E-state index in [1.165, 1.54) is 0 Å². The van der Waals surface area contributed by atoms with Gasteiger partial charge in [-0.1, -0.05) is 26.3 Å². The van der Waals surface area contributed by atoms with Gasteiger partial charge in [0, 0.05) is 5.39 Å². The van der Waals surface area contributed by atoms with Crippen molar-refractivity contribution in [1.82, 2.24) is 4.98 Å². The van der Waals surface area contributed by atoms with Crippen molar-refractivity contribution in [2.24, 2.45) is 5.92 Å². The molecule has 0 spiro atoms. The third-order valence-electron chi connectivity index (χ3n) is 5.64. The quantitative estimate of drug-likeness (QED) is 0.820. The van der Waals surface area contributed by atoms with E-state index in [-0.39, 0.29) is 18.3 Å². The van der Waals surface area contributed by atoms with E-state index in [0.29, 0.717) is 18.8 Å². The van der Waals surface area contributed by atoms with Gasteiger partial charge in [-0.3, -0.25) is 4.79 Å². The summed E-state index contributed by atoms with van der Waals surface area (Å²) in [7, 11) is 0. The maximum atomic E-state index is 12.4. The van der Waals surface area contributed by atoms with E-state index in [9.17, 15) is 10.1 Å². The number of aromatic amines is 1. The zero-order valence-corrected chi connectivity index (χ0v) is 15.9. The van der Waals surface area contributed by atoms with Crippen molar-refractivity contribution in [2.45, 2.75) is 52.6 Å². The maximum Gasteiger partial charge on any atom is 0.309 e. The molecule has 26 heavy (non-hydrogen) atoms. The van der Waals surface area contributed by atoms with Crippen molar-refractivity contribution < 1.29 is 14.3 Å². The van der Waals surface area contributed by atoms with Gasteiger partial charge in [0.1, 0.15) is 5.60 Å². The van der Waals surface area contributed by atoms with E-state index in [2.05, 4.69) is 24.9 Å². The molecule has 1 aromatic heterocycles. The molecule has 1 aliphatic heterocycles. The van der Waals surface area contributed by atoms with Crippen molar-refractivity contribution in [2.75, 3.05) is 13.2 Å². The number of hydrogen-bond acceptors (Lipinski definition) is 4. The monoisotopic (exact) mass is 354 g/mol. The number of fused-ring (bicyclic) bond motifs is 3.